The highest BCUT2D eigenvalue weighted by Crippen LogP contribution is 2.18. The third-order valence-electron chi connectivity index (χ3n) is 1.76. The summed E-state index contributed by atoms with van der Waals surface area (Å²) in [6.45, 7) is 6.72. The van der Waals surface area contributed by atoms with E-state index < -0.39 is 0 Å². The number of rotatable bonds is 2. The molecule has 0 saturated carbocycles. The minimum atomic E-state index is 0.704. The monoisotopic (exact) mass is 111 g/mol. The zero-order valence-corrected chi connectivity index (χ0v) is 5.76. The number of hydrogen-bond acceptors (Lipinski definition) is 1. The fraction of sp³-hybridized carbons (Fsp3) is 0.714. The minimum absolute atomic E-state index is 0.704. The second kappa shape index (κ2) is 1.81. The lowest BCUT2D eigenvalue weighted by atomic mass is 10.1. The van der Waals surface area contributed by atoms with Crippen LogP contribution in [-0.4, -0.2) is 10.9 Å². The van der Waals surface area contributed by atoms with Crippen LogP contribution in [0.5, 0.6) is 0 Å². The Morgan fingerprint density at radius 3 is 1.75 bits per heavy atom. The van der Waals surface area contributed by atoms with E-state index in [9.17, 15) is 0 Å². The molecule has 0 amide bonds. The van der Waals surface area contributed by atoms with Gasteiger partial charge >= 0.3 is 0 Å². The molecule has 0 radical (unpaired) electrons. The molecule has 0 aromatic heterocycles. The molecular weight excluding hydrogens is 98.1 g/mol. The molecule has 0 saturated heterocycles. The summed E-state index contributed by atoms with van der Waals surface area (Å²) in [7, 11) is 0. The molecule has 1 atom stereocenters. The van der Waals surface area contributed by atoms with Crippen LogP contribution in [0.3, 0.4) is 0 Å². The van der Waals surface area contributed by atoms with Crippen molar-refractivity contribution in [2.75, 3.05) is 0 Å². The maximum absolute atomic E-state index is 2.24. The molecule has 0 spiro atoms. The number of hydrogen-bond donors (Lipinski definition) is 0. The lowest BCUT2D eigenvalue weighted by Crippen LogP contribution is -2.19. The van der Waals surface area contributed by atoms with Crippen molar-refractivity contribution in [3.63, 3.8) is 0 Å². The molecule has 0 N–H and O–H groups in total. The van der Waals surface area contributed by atoms with Crippen LogP contribution in [0.1, 0.15) is 20.8 Å². The van der Waals surface area contributed by atoms with E-state index in [1.54, 1.807) is 0 Å². The van der Waals surface area contributed by atoms with E-state index in [-0.39, 0.29) is 0 Å². The van der Waals surface area contributed by atoms with Gasteiger partial charge in [-0.3, -0.25) is 0 Å². The van der Waals surface area contributed by atoms with Crippen molar-refractivity contribution in [3.05, 3.63) is 12.4 Å². The third-order valence-corrected chi connectivity index (χ3v) is 1.76. The Morgan fingerprint density at radius 1 is 1.12 bits per heavy atom. The zero-order valence-electron chi connectivity index (χ0n) is 5.76. The molecule has 8 heavy (non-hydrogen) atoms. The van der Waals surface area contributed by atoms with Gasteiger partial charge in [-0.2, -0.15) is 0 Å². The van der Waals surface area contributed by atoms with Crippen LogP contribution < -0.4 is 0 Å². The van der Waals surface area contributed by atoms with Gasteiger partial charge in [-0.15, -0.1) is 0 Å². The van der Waals surface area contributed by atoms with Crippen molar-refractivity contribution >= 4 is 0 Å². The van der Waals surface area contributed by atoms with Crippen molar-refractivity contribution in [2.24, 2.45) is 5.92 Å². The fourth-order valence-corrected chi connectivity index (χ4v) is 0.654. The summed E-state index contributed by atoms with van der Waals surface area (Å²) in [5, 5.41) is 0. The first-order valence-electron chi connectivity index (χ1n) is 3.17. The Hall–Kier alpha value is -0.460. The molecule has 0 fully saturated rings. The number of nitrogens with zero attached hydrogens (tertiary/aromatic N) is 1. The van der Waals surface area contributed by atoms with E-state index in [2.05, 4.69) is 38.1 Å². The molecule has 46 valence electrons. The average molecular weight is 111 g/mol. The largest absolute Gasteiger partial charge is 0.348 e. The Morgan fingerprint density at radius 2 is 1.62 bits per heavy atom. The second-order valence-electron chi connectivity index (χ2n) is 2.73. The van der Waals surface area contributed by atoms with Gasteiger partial charge in [0, 0.05) is 18.4 Å². The lowest BCUT2D eigenvalue weighted by Gasteiger charge is -2.17. The quantitative estimate of drug-likeness (QED) is 0.525. The molecule has 0 aliphatic carbocycles. The summed E-state index contributed by atoms with van der Waals surface area (Å²) in [5.41, 5.74) is 0. The van der Waals surface area contributed by atoms with Gasteiger partial charge in [-0.1, -0.05) is 13.8 Å². The van der Waals surface area contributed by atoms with Gasteiger partial charge in [-0.25, -0.2) is 0 Å². The van der Waals surface area contributed by atoms with Gasteiger partial charge in [0.05, 0.1) is 0 Å². The normalized spacial score (nSPS) is 19.8. The summed E-state index contributed by atoms with van der Waals surface area (Å²) < 4.78 is 0. The van der Waals surface area contributed by atoms with Crippen LogP contribution in [0.15, 0.2) is 12.4 Å². The second-order valence-corrected chi connectivity index (χ2v) is 2.73. The van der Waals surface area contributed by atoms with Crippen molar-refractivity contribution in [3.8, 4) is 0 Å². The summed E-state index contributed by atoms with van der Waals surface area (Å²) >= 11 is 0. The molecule has 0 aromatic carbocycles. The first-order valence-corrected chi connectivity index (χ1v) is 3.17. The van der Waals surface area contributed by atoms with E-state index in [1.807, 2.05) is 0 Å². The SMILES string of the molecule is CC(C)C(C)N1C=C1. The Kier molecular flexibility index (Phi) is 1.28. The van der Waals surface area contributed by atoms with E-state index in [0.29, 0.717) is 6.04 Å². The van der Waals surface area contributed by atoms with Crippen molar-refractivity contribution < 1.29 is 0 Å². The highest BCUT2D eigenvalue weighted by molar-refractivity contribution is 5.04. The Labute approximate surface area is 51.0 Å². The van der Waals surface area contributed by atoms with E-state index in [4.69, 9.17) is 0 Å². The Balaban J connectivity index is 2.23. The highest BCUT2D eigenvalue weighted by Gasteiger charge is 2.16. The van der Waals surface area contributed by atoms with E-state index >= 15 is 0 Å². The summed E-state index contributed by atoms with van der Waals surface area (Å²) in [4.78, 5) is 2.24. The van der Waals surface area contributed by atoms with Crippen LogP contribution in [0, 0.1) is 5.92 Å². The van der Waals surface area contributed by atoms with E-state index in [1.165, 1.54) is 0 Å². The van der Waals surface area contributed by atoms with Gasteiger partial charge in [0.2, 0.25) is 0 Å². The van der Waals surface area contributed by atoms with Crippen molar-refractivity contribution in [1.29, 1.82) is 0 Å². The molecule has 1 unspecified atom stereocenters. The average Bonchev–Trinajstić information content (AvgIpc) is 2.43. The maximum Gasteiger partial charge on any atom is 0.0326 e. The molecule has 1 aliphatic rings. The van der Waals surface area contributed by atoms with Crippen LogP contribution in [0.25, 0.3) is 0 Å². The van der Waals surface area contributed by atoms with Gasteiger partial charge in [0.15, 0.2) is 0 Å². The summed E-state index contributed by atoms with van der Waals surface area (Å²) in [6, 6.07) is 0.704. The first-order chi connectivity index (χ1) is 3.72. The van der Waals surface area contributed by atoms with Crippen LogP contribution in [0.2, 0.25) is 0 Å². The standard InChI is InChI=1S/C7H13N/c1-6(2)7(3)8-4-5-8/h4-7H,1-3H3. The van der Waals surface area contributed by atoms with Crippen LogP contribution >= 0.6 is 0 Å². The third kappa shape index (κ3) is 1.03. The molecule has 0 bridgehead atoms. The molecule has 1 heterocycles. The van der Waals surface area contributed by atoms with Crippen molar-refractivity contribution in [2.45, 2.75) is 26.8 Å². The van der Waals surface area contributed by atoms with E-state index in [0.717, 1.165) is 5.92 Å². The molecule has 1 nitrogen and oxygen atoms in total. The minimum Gasteiger partial charge on any atom is -0.348 e. The van der Waals surface area contributed by atoms with Gasteiger partial charge in [0.1, 0.15) is 0 Å². The topological polar surface area (TPSA) is 3.01 Å². The predicted molar refractivity (Wildman–Crippen MR) is 35.3 cm³/mol. The molecule has 1 aliphatic heterocycles. The molecular formula is C7H13N. The molecule has 0 aromatic rings. The molecule has 1 rings (SSSR count). The van der Waals surface area contributed by atoms with Crippen molar-refractivity contribution in [1.82, 2.24) is 4.90 Å². The van der Waals surface area contributed by atoms with Gasteiger partial charge in [0.25, 0.3) is 0 Å². The molecule has 1 heteroatoms. The fourth-order valence-electron chi connectivity index (χ4n) is 0.654. The maximum atomic E-state index is 2.24. The van der Waals surface area contributed by atoms with Crippen LogP contribution in [0.4, 0.5) is 0 Å². The summed E-state index contributed by atoms with van der Waals surface area (Å²) in [6.07, 6.45) is 4.23. The highest BCUT2D eigenvalue weighted by atomic mass is 15.2. The first kappa shape index (κ1) is 5.67. The van der Waals surface area contributed by atoms with Gasteiger partial charge in [-0.05, 0) is 12.8 Å². The lowest BCUT2D eigenvalue weighted by molar-refractivity contribution is 0.357. The Bertz CT molecular complexity index is 97.0. The predicted octanol–water partition coefficient (Wildman–Crippen LogP) is 1.82. The smallest absolute Gasteiger partial charge is 0.0326 e. The summed E-state index contributed by atoms with van der Waals surface area (Å²) in [5.74, 6) is 0.769. The zero-order chi connectivity index (χ0) is 6.15. The van der Waals surface area contributed by atoms with Crippen LogP contribution in [-0.2, 0) is 0 Å². The van der Waals surface area contributed by atoms with Gasteiger partial charge < -0.3 is 4.90 Å².